The van der Waals surface area contributed by atoms with Crippen molar-refractivity contribution in [3.8, 4) is 11.8 Å². The number of rotatable bonds is 2. The number of benzene rings is 1. The average molecular weight is 216 g/mol. The van der Waals surface area contributed by atoms with E-state index in [0.29, 0.717) is 5.92 Å². The molecular formula is C14H16O2. The summed E-state index contributed by atoms with van der Waals surface area (Å²) in [6.45, 7) is 4.35. The van der Waals surface area contributed by atoms with Crippen LogP contribution in [-0.4, -0.2) is 13.1 Å². The molecule has 16 heavy (non-hydrogen) atoms. The van der Waals surface area contributed by atoms with Gasteiger partial charge in [0.2, 0.25) is 0 Å². The van der Waals surface area contributed by atoms with Crippen molar-refractivity contribution < 1.29 is 9.53 Å². The van der Waals surface area contributed by atoms with Crippen molar-refractivity contribution in [2.45, 2.75) is 20.3 Å². The average Bonchev–Trinajstić information content (AvgIpc) is 2.25. The van der Waals surface area contributed by atoms with Crippen molar-refractivity contribution >= 4 is 5.97 Å². The van der Waals surface area contributed by atoms with Crippen LogP contribution in [0.15, 0.2) is 24.3 Å². The highest BCUT2D eigenvalue weighted by atomic mass is 16.5. The Morgan fingerprint density at radius 1 is 1.44 bits per heavy atom. The molecular weight excluding hydrogens is 200 g/mol. The molecule has 0 spiro atoms. The number of carbonyl (C=O) groups is 1. The van der Waals surface area contributed by atoms with E-state index in [9.17, 15) is 4.79 Å². The maximum Gasteiger partial charge on any atom is 0.384 e. The summed E-state index contributed by atoms with van der Waals surface area (Å²) in [5, 5.41) is 0. The van der Waals surface area contributed by atoms with Gasteiger partial charge in [-0.2, -0.15) is 0 Å². The second-order valence-electron chi connectivity index (χ2n) is 4.04. The van der Waals surface area contributed by atoms with Crippen LogP contribution in [0.4, 0.5) is 0 Å². The topological polar surface area (TPSA) is 26.3 Å². The number of hydrogen-bond donors (Lipinski definition) is 0. The molecule has 0 saturated carbocycles. The minimum absolute atomic E-state index is 0.505. The fourth-order valence-corrected chi connectivity index (χ4v) is 1.42. The SMILES string of the molecule is COC(=O)C#Cc1cccc(CC(C)C)c1. The Kier molecular flexibility index (Phi) is 4.60. The lowest BCUT2D eigenvalue weighted by atomic mass is 10.0. The Bertz CT molecular complexity index is 422. The minimum atomic E-state index is -0.505. The van der Waals surface area contributed by atoms with E-state index in [1.54, 1.807) is 0 Å². The van der Waals surface area contributed by atoms with Gasteiger partial charge in [0.05, 0.1) is 7.11 Å². The number of methoxy groups -OCH3 is 1. The van der Waals surface area contributed by atoms with Gasteiger partial charge in [0.15, 0.2) is 0 Å². The first kappa shape index (κ1) is 12.3. The monoisotopic (exact) mass is 216 g/mol. The Hall–Kier alpha value is -1.75. The van der Waals surface area contributed by atoms with Crippen molar-refractivity contribution in [1.29, 1.82) is 0 Å². The quantitative estimate of drug-likeness (QED) is 0.560. The van der Waals surface area contributed by atoms with E-state index in [1.807, 2.05) is 18.2 Å². The van der Waals surface area contributed by atoms with Gasteiger partial charge < -0.3 is 4.74 Å². The summed E-state index contributed by atoms with van der Waals surface area (Å²) < 4.78 is 4.45. The number of hydrogen-bond acceptors (Lipinski definition) is 2. The van der Waals surface area contributed by atoms with Crippen LogP contribution in [0.1, 0.15) is 25.0 Å². The van der Waals surface area contributed by atoms with Crippen molar-refractivity contribution in [2.24, 2.45) is 5.92 Å². The zero-order valence-electron chi connectivity index (χ0n) is 9.91. The predicted molar refractivity (Wildman–Crippen MR) is 63.9 cm³/mol. The number of carbonyl (C=O) groups excluding carboxylic acids is 1. The number of ether oxygens (including phenoxy) is 1. The molecule has 1 aromatic carbocycles. The van der Waals surface area contributed by atoms with E-state index < -0.39 is 5.97 Å². The molecule has 0 unspecified atom stereocenters. The predicted octanol–water partition coefficient (Wildman–Crippen LogP) is 2.41. The lowest BCUT2D eigenvalue weighted by Gasteiger charge is -2.04. The van der Waals surface area contributed by atoms with Crippen molar-refractivity contribution in [1.82, 2.24) is 0 Å². The number of esters is 1. The van der Waals surface area contributed by atoms with Crippen LogP contribution in [0.3, 0.4) is 0 Å². The van der Waals surface area contributed by atoms with Crippen LogP contribution in [0.2, 0.25) is 0 Å². The lowest BCUT2D eigenvalue weighted by Crippen LogP contribution is -1.95. The van der Waals surface area contributed by atoms with E-state index in [-0.39, 0.29) is 0 Å². The van der Waals surface area contributed by atoms with Crippen molar-refractivity contribution in [3.63, 3.8) is 0 Å². The summed E-state index contributed by atoms with van der Waals surface area (Å²) in [5.41, 5.74) is 2.09. The van der Waals surface area contributed by atoms with E-state index in [2.05, 4.69) is 36.5 Å². The van der Waals surface area contributed by atoms with Crippen LogP contribution >= 0.6 is 0 Å². The zero-order chi connectivity index (χ0) is 12.0. The van der Waals surface area contributed by atoms with E-state index in [4.69, 9.17) is 0 Å². The molecule has 0 aliphatic rings. The molecule has 0 bridgehead atoms. The van der Waals surface area contributed by atoms with Crippen LogP contribution < -0.4 is 0 Å². The molecule has 1 aromatic rings. The lowest BCUT2D eigenvalue weighted by molar-refractivity contribution is -0.133. The van der Waals surface area contributed by atoms with Crippen LogP contribution in [0.5, 0.6) is 0 Å². The summed E-state index contributed by atoms with van der Waals surface area (Å²) in [4.78, 5) is 10.9. The summed E-state index contributed by atoms with van der Waals surface area (Å²) in [6.07, 6.45) is 1.02. The van der Waals surface area contributed by atoms with Gasteiger partial charge in [0.25, 0.3) is 0 Å². The molecule has 0 aliphatic carbocycles. The highest BCUT2D eigenvalue weighted by Gasteiger charge is 1.98. The van der Waals surface area contributed by atoms with Gasteiger partial charge in [-0.15, -0.1) is 0 Å². The smallest absolute Gasteiger partial charge is 0.384 e. The van der Waals surface area contributed by atoms with Crippen LogP contribution in [0, 0.1) is 17.8 Å². The van der Waals surface area contributed by atoms with Gasteiger partial charge in [0.1, 0.15) is 0 Å². The first-order valence-electron chi connectivity index (χ1n) is 5.30. The summed E-state index contributed by atoms with van der Waals surface area (Å²) in [6, 6.07) is 7.93. The molecule has 1 rings (SSSR count). The van der Waals surface area contributed by atoms with Crippen LogP contribution in [0.25, 0.3) is 0 Å². The van der Waals surface area contributed by atoms with E-state index in [0.717, 1.165) is 12.0 Å². The molecule has 0 atom stereocenters. The second-order valence-corrected chi connectivity index (χ2v) is 4.04. The first-order chi connectivity index (χ1) is 7.61. The highest BCUT2D eigenvalue weighted by molar-refractivity contribution is 5.88. The van der Waals surface area contributed by atoms with E-state index in [1.165, 1.54) is 12.7 Å². The van der Waals surface area contributed by atoms with Gasteiger partial charge in [-0.25, -0.2) is 4.79 Å². The Balaban J connectivity index is 2.81. The van der Waals surface area contributed by atoms with Gasteiger partial charge in [0, 0.05) is 11.5 Å². The summed E-state index contributed by atoms with van der Waals surface area (Å²) >= 11 is 0. The fraction of sp³-hybridized carbons (Fsp3) is 0.357. The maximum absolute atomic E-state index is 10.9. The molecule has 0 heterocycles. The zero-order valence-corrected chi connectivity index (χ0v) is 9.91. The Morgan fingerprint density at radius 2 is 2.19 bits per heavy atom. The molecule has 0 saturated heterocycles. The van der Waals surface area contributed by atoms with Gasteiger partial charge in [-0.3, -0.25) is 0 Å². The molecule has 0 N–H and O–H groups in total. The Morgan fingerprint density at radius 3 is 2.81 bits per heavy atom. The second kappa shape index (κ2) is 5.97. The molecule has 0 amide bonds. The third-order valence-corrected chi connectivity index (χ3v) is 2.07. The normalized spacial score (nSPS) is 9.50. The van der Waals surface area contributed by atoms with Gasteiger partial charge in [-0.05, 0) is 30.0 Å². The van der Waals surface area contributed by atoms with Gasteiger partial charge in [-0.1, -0.05) is 31.9 Å². The van der Waals surface area contributed by atoms with Crippen molar-refractivity contribution in [3.05, 3.63) is 35.4 Å². The minimum Gasteiger partial charge on any atom is -0.459 e. The first-order valence-corrected chi connectivity index (χ1v) is 5.30. The van der Waals surface area contributed by atoms with Crippen LogP contribution in [-0.2, 0) is 16.0 Å². The third-order valence-electron chi connectivity index (χ3n) is 2.07. The molecule has 0 aliphatic heterocycles. The fourth-order valence-electron chi connectivity index (χ4n) is 1.42. The molecule has 2 nitrogen and oxygen atoms in total. The molecule has 2 heteroatoms. The standard InChI is InChI=1S/C14H16O2/c1-11(2)9-13-6-4-5-12(10-13)7-8-14(15)16-3/h4-6,10-11H,9H2,1-3H3. The third kappa shape index (κ3) is 4.18. The van der Waals surface area contributed by atoms with E-state index >= 15 is 0 Å². The van der Waals surface area contributed by atoms with Gasteiger partial charge >= 0.3 is 5.97 Å². The largest absolute Gasteiger partial charge is 0.459 e. The molecule has 0 fully saturated rings. The molecule has 0 radical (unpaired) electrons. The molecule has 0 aromatic heterocycles. The Labute approximate surface area is 96.6 Å². The summed E-state index contributed by atoms with van der Waals surface area (Å²) in [7, 11) is 1.33. The highest BCUT2D eigenvalue weighted by Crippen LogP contribution is 2.09. The molecule has 84 valence electrons. The van der Waals surface area contributed by atoms with Crippen molar-refractivity contribution in [2.75, 3.05) is 7.11 Å². The maximum atomic E-state index is 10.9. The summed E-state index contributed by atoms with van der Waals surface area (Å²) in [5.74, 6) is 5.31.